The fraction of sp³-hybridized carbons (Fsp3) is 0.312. The van der Waals surface area contributed by atoms with E-state index in [-0.39, 0.29) is 60.9 Å². The van der Waals surface area contributed by atoms with Gasteiger partial charge in [0.05, 0.1) is 12.0 Å². The van der Waals surface area contributed by atoms with E-state index in [0.29, 0.717) is 16.7 Å². The number of nitrogens with zero attached hydrogens (tertiary/aromatic N) is 4. The van der Waals surface area contributed by atoms with E-state index < -0.39 is 19.2 Å². The van der Waals surface area contributed by atoms with Crippen molar-refractivity contribution in [3.8, 4) is 0 Å². The Hall–Kier alpha value is -1.52. The standard InChI is InChI=1S/C16H21N6O4P.Na/c17-14-13-15(21-16(18)20-14)22(9-19-13)7-10(8-23)6-12(27(24,25)26)11-4-2-1-3-5-11;/h1-5,9-10,12,23H,6-8H2,(H2,24,25,26)(H4,17,18,20,21);/q;+1. The summed E-state index contributed by atoms with van der Waals surface area (Å²) < 4.78 is 13.7. The van der Waals surface area contributed by atoms with Gasteiger partial charge in [0.2, 0.25) is 5.95 Å². The van der Waals surface area contributed by atoms with E-state index in [9.17, 15) is 19.5 Å². The van der Waals surface area contributed by atoms with E-state index in [1.807, 2.05) is 0 Å². The Morgan fingerprint density at radius 3 is 2.43 bits per heavy atom. The first-order valence-electron chi connectivity index (χ1n) is 8.24. The van der Waals surface area contributed by atoms with Crippen molar-refractivity contribution in [3.63, 3.8) is 0 Å². The number of fused-ring (bicyclic) bond motifs is 1. The minimum absolute atomic E-state index is 0. The molecule has 12 heteroatoms. The maximum absolute atomic E-state index is 12.0. The molecule has 3 aromatic rings. The minimum atomic E-state index is -4.42. The van der Waals surface area contributed by atoms with Crippen LogP contribution in [0.5, 0.6) is 0 Å². The molecule has 28 heavy (non-hydrogen) atoms. The van der Waals surface area contributed by atoms with Gasteiger partial charge in [-0.3, -0.25) is 4.57 Å². The van der Waals surface area contributed by atoms with Crippen LogP contribution in [0.2, 0.25) is 0 Å². The molecule has 0 amide bonds. The number of imidazole rings is 1. The van der Waals surface area contributed by atoms with Crippen LogP contribution >= 0.6 is 7.60 Å². The number of rotatable bonds is 7. The molecular formula is C16H21N6NaO4P+. The Labute approximate surface area is 183 Å². The number of benzene rings is 1. The van der Waals surface area contributed by atoms with Crippen molar-refractivity contribution in [2.75, 3.05) is 18.1 Å². The van der Waals surface area contributed by atoms with Gasteiger partial charge in [-0.2, -0.15) is 9.97 Å². The SMILES string of the molecule is Nc1nc(N)c2ncn(CC(CO)CC(c3ccccc3)P(=O)(O)O)c2n1.[Na+]. The Morgan fingerprint density at radius 1 is 1.14 bits per heavy atom. The normalized spacial score (nSPS) is 13.8. The van der Waals surface area contributed by atoms with Crippen LogP contribution < -0.4 is 41.0 Å². The molecule has 2 atom stereocenters. The first-order chi connectivity index (χ1) is 12.8. The molecule has 0 aliphatic carbocycles. The largest absolute Gasteiger partial charge is 1.00 e. The van der Waals surface area contributed by atoms with Crippen molar-refractivity contribution >= 4 is 30.5 Å². The third-order valence-corrected chi connectivity index (χ3v) is 5.69. The summed E-state index contributed by atoms with van der Waals surface area (Å²) in [6.07, 6.45) is 1.58. The van der Waals surface area contributed by atoms with E-state index in [0.717, 1.165) is 0 Å². The fourth-order valence-electron chi connectivity index (χ4n) is 3.06. The van der Waals surface area contributed by atoms with Crippen LogP contribution in [0.1, 0.15) is 17.6 Å². The van der Waals surface area contributed by atoms with Gasteiger partial charge < -0.3 is 30.9 Å². The predicted molar refractivity (Wildman–Crippen MR) is 101 cm³/mol. The number of anilines is 2. The van der Waals surface area contributed by atoms with Gasteiger partial charge in [0.1, 0.15) is 5.52 Å². The number of aliphatic hydroxyl groups is 1. The van der Waals surface area contributed by atoms with Crippen molar-refractivity contribution in [2.45, 2.75) is 18.6 Å². The second-order valence-electron chi connectivity index (χ2n) is 6.34. The first kappa shape index (κ1) is 22.8. The Morgan fingerprint density at radius 2 is 1.82 bits per heavy atom. The van der Waals surface area contributed by atoms with Crippen LogP contribution in [0.4, 0.5) is 11.8 Å². The Kier molecular flexibility index (Phi) is 7.58. The van der Waals surface area contributed by atoms with Gasteiger partial charge in [0, 0.05) is 19.1 Å². The second-order valence-corrected chi connectivity index (χ2v) is 8.14. The van der Waals surface area contributed by atoms with Crippen molar-refractivity contribution in [3.05, 3.63) is 42.2 Å². The van der Waals surface area contributed by atoms with Crippen LogP contribution in [0.25, 0.3) is 11.2 Å². The van der Waals surface area contributed by atoms with E-state index in [4.69, 9.17) is 11.5 Å². The summed E-state index contributed by atoms with van der Waals surface area (Å²) in [6.45, 7) is -0.0225. The van der Waals surface area contributed by atoms with Gasteiger partial charge in [-0.15, -0.1) is 0 Å². The number of hydrogen-bond acceptors (Lipinski definition) is 7. The summed E-state index contributed by atoms with van der Waals surface area (Å²) in [6, 6.07) is 8.55. The molecule has 1 aromatic carbocycles. The van der Waals surface area contributed by atoms with E-state index in [1.165, 1.54) is 6.33 Å². The van der Waals surface area contributed by atoms with Gasteiger partial charge in [-0.1, -0.05) is 30.3 Å². The van der Waals surface area contributed by atoms with Crippen LogP contribution in [0, 0.1) is 5.92 Å². The van der Waals surface area contributed by atoms with Crippen molar-refractivity contribution in [1.29, 1.82) is 0 Å². The van der Waals surface area contributed by atoms with Gasteiger partial charge in [-0.05, 0) is 12.0 Å². The average molecular weight is 415 g/mol. The Balaban J connectivity index is 0.00000280. The summed E-state index contributed by atoms with van der Waals surface area (Å²) in [7, 11) is -4.42. The summed E-state index contributed by atoms with van der Waals surface area (Å²) in [5.74, 6) is -0.300. The van der Waals surface area contributed by atoms with E-state index in [1.54, 1.807) is 34.9 Å². The van der Waals surface area contributed by atoms with E-state index >= 15 is 0 Å². The molecule has 0 radical (unpaired) electrons. The van der Waals surface area contributed by atoms with Crippen molar-refractivity contribution in [1.82, 2.24) is 19.5 Å². The van der Waals surface area contributed by atoms with Gasteiger partial charge in [0.25, 0.3) is 0 Å². The zero-order valence-corrected chi connectivity index (χ0v) is 18.3. The molecule has 2 heterocycles. The Bertz CT molecular complexity index is 980. The molecular weight excluding hydrogens is 394 g/mol. The van der Waals surface area contributed by atoms with Crippen LogP contribution in [-0.4, -0.2) is 41.0 Å². The zero-order valence-electron chi connectivity index (χ0n) is 15.4. The monoisotopic (exact) mass is 415 g/mol. The predicted octanol–water partition coefficient (Wildman–Crippen LogP) is -2.09. The topological polar surface area (TPSA) is 173 Å². The molecule has 0 bridgehead atoms. The molecule has 0 spiro atoms. The quantitative estimate of drug-likeness (QED) is 0.214. The number of hydrogen-bond donors (Lipinski definition) is 5. The zero-order chi connectivity index (χ0) is 19.6. The van der Waals surface area contributed by atoms with Gasteiger partial charge in [-0.25, -0.2) is 4.98 Å². The number of nitrogen functional groups attached to an aromatic ring is 2. The molecule has 0 saturated carbocycles. The summed E-state index contributed by atoms with van der Waals surface area (Å²) in [5.41, 5.74) is 11.7. The van der Waals surface area contributed by atoms with Gasteiger partial charge in [0.15, 0.2) is 11.5 Å². The molecule has 10 nitrogen and oxygen atoms in total. The average Bonchev–Trinajstić information content (AvgIpc) is 3.01. The van der Waals surface area contributed by atoms with Crippen LogP contribution in [0.3, 0.4) is 0 Å². The van der Waals surface area contributed by atoms with Gasteiger partial charge >= 0.3 is 37.2 Å². The number of aromatic nitrogens is 4. The first-order valence-corrected chi connectivity index (χ1v) is 9.92. The number of nitrogens with two attached hydrogens (primary N) is 2. The summed E-state index contributed by atoms with van der Waals surface area (Å²) in [5, 5.41) is 9.80. The van der Waals surface area contributed by atoms with Crippen molar-refractivity contribution in [2.24, 2.45) is 5.92 Å². The third-order valence-electron chi connectivity index (χ3n) is 4.37. The molecule has 2 aromatic heterocycles. The molecule has 7 N–H and O–H groups in total. The molecule has 0 fully saturated rings. The second kappa shape index (κ2) is 9.32. The van der Waals surface area contributed by atoms with E-state index in [2.05, 4.69) is 15.0 Å². The minimum Gasteiger partial charge on any atom is -0.396 e. The molecule has 2 unspecified atom stereocenters. The smallest absolute Gasteiger partial charge is 0.396 e. The maximum atomic E-state index is 12.0. The van der Waals surface area contributed by atoms with Crippen LogP contribution in [0.15, 0.2) is 36.7 Å². The molecule has 0 aliphatic rings. The third kappa shape index (κ3) is 5.09. The summed E-state index contributed by atoms with van der Waals surface area (Å²) >= 11 is 0. The van der Waals surface area contributed by atoms with Crippen LogP contribution in [-0.2, 0) is 11.1 Å². The number of aliphatic hydroxyl groups excluding tert-OH is 1. The maximum Gasteiger partial charge on any atom is 1.00 e. The fourth-order valence-corrected chi connectivity index (χ4v) is 4.19. The molecule has 0 aliphatic heterocycles. The molecule has 3 rings (SSSR count). The van der Waals surface area contributed by atoms with Crippen molar-refractivity contribution < 1.29 is 49.0 Å². The molecule has 0 saturated heterocycles. The summed E-state index contributed by atoms with van der Waals surface area (Å²) in [4.78, 5) is 31.7. The molecule has 144 valence electrons.